The molecule has 4 heteroatoms. The lowest BCUT2D eigenvalue weighted by Gasteiger charge is -2.20. The van der Waals surface area contributed by atoms with Gasteiger partial charge in [-0.2, -0.15) is 0 Å². The molecule has 3 aromatic rings. The Hall–Kier alpha value is -2.88. The lowest BCUT2D eigenvalue weighted by atomic mass is 9.97. The van der Waals surface area contributed by atoms with Crippen LogP contribution in [0.15, 0.2) is 57.7 Å². The van der Waals surface area contributed by atoms with Gasteiger partial charge in [0, 0.05) is 24.0 Å². The van der Waals surface area contributed by atoms with Crippen molar-refractivity contribution in [1.29, 1.82) is 0 Å². The molecule has 0 aliphatic carbocycles. The lowest BCUT2D eigenvalue weighted by Crippen LogP contribution is -2.31. The molecule has 0 saturated heterocycles. The standard InChI is InChI=1S/C21H21NO3/c1-4-22(5-2)20(23)19-18(15-12-10-14(3)11-13-15)16-8-6-7-9-17(16)21(24)25-19/h6-13H,4-5H2,1-3H3. The molecular formula is C21H21NO3. The number of hydrogen-bond donors (Lipinski definition) is 0. The van der Waals surface area contributed by atoms with Gasteiger partial charge in [-0.15, -0.1) is 0 Å². The lowest BCUT2D eigenvalue weighted by molar-refractivity contribution is 0.0738. The SMILES string of the molecule is CCN(CC)C(=O)c1oc(=O)c2ccccc2c1-c1ccc(C)cc1. The van der Waals surface area contributed by atoms with Crippen molar-refractivity contribution >= 4 is 16.7 Å². The summed E-state index contributed by atoms with van der Waals surface area (Å²) in [5.74, 6) is -0.153. The topological polar surface area (TPSA) is 50.5 Å². The number of rotatable bonds is 4. The normalized spacial score (nSPS) is 10.8. The molecule has 3 rings (SSSR count). The zero-order valence-electron chi connectivity index (χ0n) is 14.7. The van der Waals surface area contributed by atoms with E-state index in [9.17, 15) is 9.59 Å². The number of hydrogen-bond acceptors (Lipinski definition) is 3. The Bertz CT molecular complexity index is 967. The van der Waals surface area contributed by atoms with Crippen LogP contribution in [-0.2, 0) is 0 Å². The third-order valence-electron chi connectivity index (χ3n) is 4.42. The molecule has 0 aliphatic rings. The Morgan fingerprint density at radius 3 is 2.16 bits per heavy atom. The van der Waals surface area contributed by atoms with Crippen molar-refractivity contribution in [3.63, 3.8) is 0 Å². The summed E-state index contributed by atoms with van der Waals surface area (Å²) < 4.78 is 5.51. The molecule has 0 unspecified atom stereocenters. The molecule has 0 saturated carbocycles. The first kappa shape index (κ1) is 17.0. The summed E-state index contributed by atoms with van der Waals surface area (Å²) in [6.45, 7) is 6.94. The average molecular weight is 335 g/mol. The van der Waals surface area contributed by atoms with Crippen molar-refractivity contribution in [2.24, 2.45) is 0 Å². The molecule has 0 radical (unpaired) electrons. The molecule has 4 nitrogen and oxygen atoms in total. The molecule has 0 atom stereocenters. The molecule has 0 bridgehead atoms. The van der Waals surface area contributed by atoms with Crippen LogP contribution in [0.5, 0.6) is 0 Å². The van der Waals surface area contributed by atoms with Gasteiger partial charge in [-0.05, 0) is 32.4 Å². The number of carbonyl (C=O) groups excluding carboxylic acids is 1. The third kappa shape index (κ3) is 3.07. The van der Waals surface area contributed by atoms with Gasteiger partial charge in [-0.25, -0.2) is 4.79 Å². The zero-order chi connectivity index (χ0) is 18.0. The van der Waals surface area contributed by atoms with Crippen molar-refractivity contribution in [3.05, 3.63) is 70.3 Å². The summed E-state index contributed by atoms with van der Waals surface area (Å²) >= 11 is 0. The first-order valence-corrected chi connectivity index (χ1v) is 8.49. The fourth-order valence-corrected chi connectivity index (χ4v) is 3.01. The maximum Gasteiger partial charge on any atom is 0.344 e. The largest absolute Gasteiger partial charge is 0.416 e. The zero-order valence-corrected chi connectivity index (χ0v) is 14.7. The smallest absolute Gasteiger partial charge is 0.344 e. The molecule has 0 spiro atoms. The fraction of sp³-hybridized carbons (Fsp3) is 0.238. The van der Waals surface area contributed by atoms with E-state index in [1.54, 1.807) is 17.0 Å². The van der Waals surface area contributed by atoms with E-state index < -0.39 is 5.63 Å². The van der Waals surface area contributed by atoms with Gasteiger partial charge >= 0.3 is 5.63 Å². The second kappa shape index (κ2) is 6.93. The van der Waals surface area contributed by atoms with E-state index in [1.165, 1.54) is 0 Å². The van der Waals surface area contributed by atoms with Crippen LogP contribution in [0.4, 0.5) is 0 Å². The molecule has 0 fully saturated rings. The Kier molecular flexibility index (Phi) is 4.70. The highest BCUT2D eigenvalue weighted by molar-refractivity contribution is 6.07. The second-order valence-electron chi connectivity index (χ2n) is 5.98. The Morgan fingerprint density at radius 2 is 1.56 bits per heavy atom. The van der Waals surface area contributed by atoms with E-state index >= 15 is 0 Å². The van der Waals surface area contributed by atoms with Crippen LogP contribution >= 0.6 is 0 Å². The number of fused-ring (bicyclic) bond motifs is 1. The van der Waals surface area contributed by atoms with Gasteiger partial charge in [-0.3, -0.25) is 4.79 Å². The van der Waals surface area contributed by atoms with E-state index in [2.05, 4.69) is 0 Å². The minimum Gasteiger partial charge on any atom is -0.416 e. The van der Waals surface area contributed by atoms with Crippen molar-refractivity contribution in [3.8, 4) is 11.1 Å². The van der Waals surface area contributed by atoms with Crippen LogP contribution in [0.1, 0.15) is 30.0 Å². The number of benzene rings is 2. The Morgan fingerprint density at radius 1 is 0.960 bits per heavy atom. The van der Waals surface area contributed by atoms with Gasteiger partial charge in [-0.1, -0.05) is 48.0 Å². The number of aryl methyl sites for hydroxylation is 1. The first-order valence-electron chi connectivity index (χ1n) is 8.49. The minimum absolute atomic E-state index is 0.108. The highest BCUT2D eigenvalue weighted by atomic mass is 16.4. The summed E-state index contributed by atoms with van der Waals surface area (Å²) in [7, 11) is 0. The summed E-state index contributed by atoms with van der Waals surface area (Å²) in [6, 6.07) is 15.1. The monoisotopic (exact) mass is 335 g/mol. The second-order valence-corrected chi connectivity index (χ2v) is 5.98. The summed E-state index contributed by atoms with van der Waals surface area (Å²) in [4.78, 5) is 27.0. The van der Waals surface area contributed by atoms with E-state index in [4.69, 9.17) is 4.42 Å². The Balaban J connectivity index is 2.36. The van der Waals surface area contributed by atoms with Crippen LogP contribution in [0.2, 0.25) is 0 Å². The molecule has 1 amide bonds. The fourth-order valence-electron chi connectivity index (χ4n) is 3.01. The first-order chi connectivity index (χ1) is 12.1. The van der Waals surface area contributed by atoms with Gasteiger partial charge < -0.3 is 9.32 Å². The number of amides is 1. The van der Waals surface area contributed by atoms with Crippen molar-refractivity contribution in [1.82, 2.24) is 4.90 Å². The third-order valence-corrected chi connectivity index (χ3v) is 4.42. The quantitative estimate of drug-likeness (QED) is 0.716. The predicted molar refractivity (Wildman–Crippen MR) is 99.9 cm³/mol. The minimum atomic E-state index is -0.484. The summed E-state index contributed by atoms with van der Waals surface area (Å²) in [5, 5.41) is 1.22. The number of carbonyl (C=O) groups is 1. The van der Waals surface area contributed by atoms with Gasteiger partial charge in [0.15, 0.2) is 0 Å². The van der Waals surface area contributed by atoms with E-state index in [1.807, 2.05) is 57.2 Å². The van der Waals surface area contributed by atoms with E-state index in [-0.39, 0.29) is 11.7 Å². The maximum absolute atomic E-state index is 13.0. The van der Waals surface area contributed by atoms with Gasteiger partial charge in [0.05, 0.1) is 5.39 Å². The Labute approximate surface area is 146 Å². The molecular weight excluding hydrogens is 314 g/mol. The van der Waals surface area contributed by atoms with Crippen LogP contribution in [0.25, 0.3) is 21.9 Å². The van der Waals surface area contributed by atoms with Gasteiger partial charge in [0.2, 0.25) is 5.76 Å². The molecule has 128 valence electrons. The molecule has 0 N–H and O–H groups in total. The number of nitrogens with zero attached hydrogens (tertiary/aromatic N) is 1. The molecule has 1 aromatic heterocycles. The summed E-state index contributed by atoms with van der Waals surface area (Å²) in [6.07, 6.45) is 0. The van der Waals surface area contributed by atoms with Crippen molar-refractivity contribution < 1.29 is 9.21 Å². The predicted octanol–water partition coefficient (Wildman–Crippen LogP) is 4.25. The molecule has 25 heavy (non-hydrogen) atoms. The highest BCUT2D eigenvalue weighted by Crippen LogP contribution is 2.31. The average Bonchev–Trinajstić information content (AvgIpc) is 2.63. The van der Waals surface area contributed by atoms with Crippen LogP contribution in [-0.4, -0.2) is 23.9 Å². The molecule has 1 heterocycles. The van der Waals surface area contributed by atoms with Crippen LogP contribution in [0.3, 0.4) is 0 Å². The van der Waals surface area contributed by atoms with Crippen molar-refractivity contribution in [2.45, 2.75) is 20.8 Å². The molecule has 2 aromatic carbocycles. The van der Waals surface area contributed by atoms with Gasteiger partial charge in [0.25, 0.3) is 5.91 Å². The van der Waals surface area contributed by atoms with E-state index in [0.717, 1.165) is 16.5 Å². The van der Waals surface area contributed by atoms with Crippen LogP contribution < -0.4 is 5.63 Å². The van der Waals surface area contributed by atoms with Crippen LogP contribution in [0, 0.1) is 6.92 Å². The van der Waals surface area contributed by atoms with Crippen molar-refractivity contribution in [2.75, 3.05) is 13.1 Å². The maximum atomic E-state index is 13.0. The molecule has 0 aliphatic heterocycles. The van der Waals surface area contributed by atoms with Gasteiger partial charge in [0.1, 0.15) is 0 Å². The summed E-state index contributed by atoms with van der Waals surface area (Å²) in [5.41, 5.74) is 2.18. The highest BCUT2D eigenvalue weighted by Gasteiger charge is 2.24. The van der Waals surface area contributed by atoms with E-state index in [0.29, 0.717) is 24.0 Å².